The van der Waals surface area contributed by atoms with E-state index in [4.69, 9.17) is 52.1 Å². The lowest BCUT2D eigenvalue weighted by Crippen LogP contribution is -2.68. The van der Waals surface area contributed by atoms with Gasteiger partial charge in [-0.3, -0.25) is 0 Å². The molecule has 29 nitrogen and oxygen atoms in total. The molecule has 29 heteroatoms. The average Bonchev–Trinajstić information content (AvgIpc) is 1.73. The normalized spacial score (nSPS) is 55.8. The highest BCUT2D eigenvalue weighted by atomic mass is 16.8. The van der Waals surface area contributed by atoms with Gasteiger partial charge in [0.1, 0.15) is 116 Å². The number of aliphatic hydroxyl groups excluding tert-OH is 17. The molecule has 0 aromatic rings. The maximum atomic E-state index is 12.1. The molecule has 0 unspecified atom stereocenters. The van der Waals surface area contributed by atoms with Gasteiger partial charge in [-0.25, -0.2) is 0 Å². The van der Waals surface area contributed by atoms with Crippen molar-refractivity contribution < 1.29 is 144 Å². The molecule has 0 radical (unpaired) electrons. The molecule has 0 aromatic heterocycles. The van der Waals surface area contributed by atoms with Crippen molar-refractivity contribution in [2.75, 3.05) is 39.6 Å². The predicted octanol–water partition coefficient (Wildman–Crippen LogP) is -6.52. The summed E-state index contributed by atoms with van der Waals surface area (Å²) in [5.41, 5.74) is -0.434. The number of fused-ring (bicyclic) bond motifs is 7. The van der Waals surface area contributed by atoms with E-state index in [0.29, 0.717) is 37.5 Å². The van der Waals surface area contributed by atoms with Crippen LogP contribution in [-0.4, -0.2) is 303 Å². The van der Waals surface area contributed by atoms with Crippen LogP contribution in [0.5, 0.6) is 0 Å². The van der Waals surface area contributed by atoms with Crippen LogP contribution >= 0.6 is 0 Å². The van der Waals surface area contributed by atoms with Gasteiger partial charge in [-0.1, -0.05) is 27.7 Å². The first-order valence-electron chi connectivity index (χ1n) is 30.4. The van der Waals surface area contributed by atoms with E-state index in [1.807, 2.05) is 6.92 Å². The van der Waals surface area contributed by atoms with Gasteiger partial charge in [0, 0.05) is 12.3 Å². The Bertz CT molecular complexity index is 2170. The van der Waals surface area contributed by atoms with Gasteiger partial charge in [0.2, 0.25) is 0 Å². The van der Waals surface area contributed by atoms with Crippen LogP contribution in [0.15, 0.2) is 0 Å². The number of rotatable bonds is 18. The number of aliphatic hydroxyl groups is 18. The van der Waals surface area contributed by atoms with Crippen LogP contribution in [0.1, 0.15) is 85.5 Å². The third kappa shape index (κ3) is 12.3. The Kier molecular flexibility index (Phi) is 20.8. The van der Waals surface area contributed by atoms with Crippen LogP contribution in [-0.2, 0) is 52.1 Å². The summed E-state index contributed by atoms with van der Waals surface area (Å²) in [4.78, 5) is 0. The highest BCUT2D eigenvalue weighted by Crippen LogP contribution is 2.71. The van der Waals surface area contributed by atoms with Gasteiger partial charge in [-0.15, -0.1) is 0 Å². The molecule has 4 saturated carbocycles. The lowest BCUT2D eigenvalue weighted by molar-refractivity contribution is -0.404. The van der Waals surface area contributed by atoms with E-state index in [1.165, 1.54) is 0 Å². The Morgan fingerprint density at radius 3 is 1.73 bits per heavy atom. The van der Waals surface area contributed by atoms with Crippen molar-refractivity contribution in [3.8, 4) is 0 Å². The first-order valence-corrected chi connectivity index (χ1v) is 30.4. The zero-order valence-electron chi connectivity index (χ0n) is 48.3. The second kappa shape index (κ2) is 26.4. The molecule has 10 rings (SSSR count). The van der Waals surface area contributed by atoms with Crippen molar-refractivity contribution >= 4 is 0 Å². The lowest BCUT2D eigenvalue weighted by Gasteiger charge is -2.62. The summed E-state index contributed by atoms with van der Waals surface area (Å²) in [5.74, 6) is -0.636. The monoisotopic (exact) mass is 1230 g/mol. The number of hydrogen-bond donors (Lipinski definition) is 18. The smallest absolute Gasteiger partial charge is 0.187 e. The zero-order chi connectivity index (χ0) is 61.5. The van der Waals surface area contributed by atoms with Crippen LogP contribution in [0.3, 0.4) is 0 Å². The predicted molar refractivity (Wildman–Crippen MR) is 280 cm³/mol. The van der Waals surface area contributed by atoms with Gasteiger partial charge in [0.25, 0.3) is 0 Å². The third-order valence-corrected chi connectivity index (χ3v) is 21.8. The Morgan fingerprint density at radius 2 is 1.07 bits per heavy atom. The van der Waals surface area contributed by atoms with E-state index < -0.39 is 198 Å². The van der Waals surface area contributed by atoms with E-state index in [-0.39, 0.29) is 53.1 Å². The lowest BCUT2D eigenvalue weighted by atomic mass is 9.44. The molecule has 4 aliphatic carbocycles. The molecular formula is C56H94O29. The molecule has 0 aromatic carbocycles. The Morgan fingerprint density at radius 1 is 0.518 bits per heavy atom. The summed E-state index contributed by atoms with van der Waals surface area (Å²) >= 11 is 0. The molecule has 6 saturated heterocycles. The minimum Gasteiger partial charge on any atom is -0.394 e. The van der Waals surface area contributed by atoms with E-state index in [0.717, 1.165) is 32.1 Å². The average molecular weight is 1230 g/mol. The highest BCUT2D eigenvalue weighted by molar-refractivity contribution is 5.16. The van der Waals surface area contributed by atoms with Gasteiger partial charge in [0.05, 0.1) is 58.0 Å². The van der Waals surface area contributed by atoms with Crippen LogP contribution in [0.25, 0.3) is 0 Å². The maximum Gasteiger partial charge on any atom is 0.187 e. The van der Waals surface area contributed by atoms with Gasteiger partial charge < -0.3 is 144 Å². The molecule has 6 heterocycles. The van der Waals surface area contributed by atoms with Gasteiger partial charge >= 0.3 is 0 Å². The fourth-order valence-electron chi connectivity index (χ4n) is 16.9. The highest BCUT2D eigenvalue weighted by Gasteiger charge is 2.69. The molecule has 0 amide bonds. The fourth-order valence-corrected chi connectivity index (χ4v) is 16.9. The Hall–Kier alpha value is -1.16. The van der Waals surface area contributed by atoms with Crippen molar-refractivity contribution in [3.63, 3.8) is 0 Å². The first-order chi connectivity index (χ1) is 40.2. The van der Waals surface area contributed by atoms with E-state index >= 15 is 0 Å². The van der Waals surface area contributed by atoms with Gasteiger partial charge in [-0.05, 0) is 97.7 Å². The minimum absolute atomic E-state index is 0.0808. The Balaban J connectivity index is 0.771. The summed E-state index contributed by atoms with van der Waals surface area (Å²) in [7, 11) is 0. The Labute approximate surface area is 491 Å². The van der Waals surface area contributed by atoms with Crippen LogP contribution in [0.2, 0.25) is 0 Å². The maximum absolute atomic E-state index is 12.1. The third-order valence-electron chi connectivity index (χ3n) is 21.8. The second-order valence-electron chi connectivity index (χ2n) is 26.8. The van der Waals surface area contributed by atoms with E-state index in [1.54, 1.807) is 0 Å². The summed E-state index contributed by atoms with van der Waals surface area (Å²) in [6, 6.07) is 0. The van der Waals surface area contributed by atoms with E-state index in [9.17, 15) is 91.9 Å². The molecule has 6 aliphatic heterocycles. The van der Waals surface area contributed by atoms with Crippen LogP contribution in [0.4, 0.5) is 0 Å². The quantitative estimate of drug-likeness (QED) is 0.0568. The molecule has 85 heavy (non-hydrogen) atoms. The molecule has 10 fully saturated rings. The summed E-state index contributed by atoms with van der Waals surface area (Å²) in [6.45, 7) is 4.91. The van der Waals surface area contributed by atoms with Crippen molar-refractivity contribution in [3.05, 3.63) is 0 Å². The topological polar surface area (TPSA) is 466 Å². The van der Waals surface area contributed by atoms with E-state index in [2.05, 4.69) is 20.8 Å². The second-order valence-corrected chi connectivity index (χ2v) is 26.8. The largest absolute Gasteiger partial charge is 0.394 e. The van der Waals surface area contributed by atoms with Crippen LogP contribution in [0, 0.1) is 52.3 Å². The SMILES string of the molecule is C[C@@H](CC[C@@]1(O)O[C@H]2C[C@H]3[C@@H]4CC[C@H]5C[C@@H](O[C@@H]6O[C@H](CO)[C@H](O[C@@H]7O[C@H](CO)[C@@H](O)[C@H](O[C@@H]8OC[C@@H](O)[C@H](O)[C@H]8O)[C@H]7O[C@@H]7O[C@H](CO)[C@@H](O)[C@H](O)[C@H]7O)[C@H](O)[C@H]6O)[C@H](O)C[C@]5(C)[C@H]4CC[C@]3(C)[C@H]2[C@@H]1C)CO[C@@H]1O[C@H](CO)[C@@H](O)[C@H](O)[C@H]1O. The number of ether oxygens (including phenoxy) is 11. The molecular weight excluding hydrogens is 1140 g/mol. The van der Waals surface area contributed by atoms with Gasteiger partial charge in [-0.2, -0.15) is 0 Å². The summed E-state index contributed by atoms with van der Waals surface area (Å²) < 4.78 is 65.5. The van der Waals surface area contributed by atoms with Crippen molar-refractivity contribution in [2.24, 2.45) is 52.3 Å². The summed E-state index contributed by atoms with van der Waals surface area (Å²) in [5, 5.41) is 194. The zero-order valence-corrected chi connectivity index (χ0v) is 48.3. The van der Waals surface area contributed by atoms with Crippen molar-refractivity contribution in [2.45, 2.75) is 257 Å². The molecule has 0 bridgehead atoms. The van der Waals surface area contributed by atoms with Gasteiger partial charge in [0.15, 0.2) is 37.2 Å². The van der Waals surface area contributed by atoms with Crippen molar-refractivity contribution in [1.82, 2.24) is 0 Å². The fraction of sp³-hybridized carbons (Fsp3) is 1.00. The molecule has 37 atom stereocenters. The standard InChI is InChI=1S/C56H94O29/c1-20(18-75-49-43(71)39(67)36(64)30(14-57)78-49)7-10-56(74)21(2)34-29(85-56)12-25-23-6-5-22-11-28(26(61)13-55(22,4)24(23)8-9-54(25,34)3)77-51-45(73)41(69)46(33(17-60)81-51)82-53-48(84-52-44(72)40(68)37(65)31(15-58)79-52)47(38(66)32(16-59)80-53)83-50-42(70)35(63)27(62)19-76-50/h20-53,57-74H,5-19H2,1-4H3/t20-,21-,22-,23+,24-,25-,26+,27+,28+,29-,30+,31+,32+,33+,34-,35-,36+,37+,38+,39-,40-,41+,42+,43+,44+,45+,46-,47-,48+,49+,50-,51+,52-,53-,54-,55-,56+/m0/s1. The molecule has 492 valence electrons. The summed E-state index contributed by atoms with van der Waals surface area (Å²) in [6.07, 6.45) is -37.5. The molecule has 0 spiro atoms. The molecule has 10 aliphatic rings. The first kappa shape index (κ1) is 66.8. The minimum atomic E-state index is -2.05. The molecule has 18 N–H and O–H groups in total. The van der Waals surface area contributed by atoms with Crippen LogP contribution < -0.4 is 0 Å². The number of hydrogen-bond acceptors (Lipinski definition) is 29. The van der Waals surface area contributed by atoms with Crippen molar-refractivity contribution in [1.29, 1.82) is 0 Å².